The van der Waals surface area contributed by atoms with Crippen molar-refractivity contribution in [1.29, 1.82) is 0 Å². The highest BCUT2D eigenvalue weighted by molar-refractivity contribution is 9.10. The van der Waals surface area contributed by atoms with E-state index in [2.05, 4.69) is 32.3 Å². The lowest BCUT2D eigenvalue weighted by Gasteiger charge is -2.08. The smallest absolute Gasteiger partial charge is 0.154 e. The topological polar surface area (TPSA) is 50.9 Å². The van der Waals surface area contributed by atoms with Gasteiger partial charge in [-0.15, -0.1) is 16.4 Å². The Balaban J connectivity index is 1.97. The van der Waals surface area contributed by atoms with Crippen LogP contribution in [0.25, 0.3) is 0 Å². The summed E-state index contributed by atoms with van der Waals surface area (Å²) in [6.45, 7) is 0. The first-order valence-corrected chi connectivity index (χ1v) is 8.35. The summed E-state index contributed by atoms with van der Waals surface area (Å²) in [7, 11) is 1.79. The van der Waals surface area contributed by atoms with Crippen LogP contribution >= 0.6 is 39.0 Å². The van der Waals surface area contributed by atoms with E-state index in [0.717, 1.165) is 17.1 Å². The Labute approximate surface area is 122 Å². The van der Waals surface area contributed by atoms with Gasteiger partial charge in [0.1, 0.15) is 11.8 Å². The minimum atomic E-state index is -0.653. The van der Waals surface area contributed by atoms with Crippen LogP contribution in [0.3, 0.4) is 0 Å². The summed E-state index contributed by atoms with van der Waals surface area (Å²) in [5.74, 6) is 2.24. The highest BCUT2D eigenvalue weighted by Crippen LogP contribution is 2.37. The monoisotopic (exact) mass is 345 g/mol. The standard InChI is InChI=1S/C11H12BrN3OS2/c1-15-9(11(12)13-14-15)10(16)8-4-6-5-17-3-2-7(6)18-8/h4,10,16H,2-3,5H2,1H3. The molecule has 3 heterocycles. The lowest BCUT2D eigenvalue weighted by Crippen LogP contribution is -2.05. The van der Waals surface area contributed by atoms with Gasteiger partial charge in [0.05, 0.1) is 0 Å². The van der Waals surface area contributed by atoms with E-state index in [4.69, 9.17) is 0 Å². The number of aryl methyl sites for hydroxylation is 2. The van der Waals surface area contributed by atoms with Crippen molar-refractivity contribution in [1.82, 2.24) is 15.0 Å². The number of aliphatic hydroxyl groups is 1. The second-order valence-corrected chi connectivity index (χ2v) is 7.22. The third-order valence-corrected chi connectivity index (χ3v) is 5.86. The van der Waals surface area contributed by atoms with Crippen LogP contribution in [0.15, 0.2) is 10.7 Å². The van der Waals surface area contributed by atoms with Gasteiger partial charge in [-0.2, -0.15) is 11.8 Å². The van der Waals surface area contributed by atoms with Gasteiger partial charge in [0.25, 0.3) is 0 Å². The minimum absolute atomic E-state index is 0.609. The van der Waals surface area contributed by atoms with Gasteiger partial charge in [-0.1, -0.05) is 5.21 Å². The van der Waals surface area contributed by atoms with E-state index in [1.807, 2.05) is 11.8 Å². The number of halogens is 1. The maximum Gasteiger partial charge on any atom is 0.154 e. The van der Waals surface area contributed by atoms with E-state index in [1.165, 1.54) is 16.2 Å². The zero-order valence-electron chi connectivity index (χ0n) is 9.76. The fraction of sp³-hybridized carbons (Fsp3) is 0.455. The molecule has 1 aliphatic rings. The van der Waals surface area contributed by atoms with E-state index < -0.39 is 6.10 Å². The van der Waals surface area contributed by atoms with Crippen molar-refractivity contribution in [3.63, 3.8) is 0 Å². The molecular formula is C11H12BrN3OS2. The average Bonchev–Trinajstić information content (AvgIpc) is 2.92. The van der Waals surface area contributed by atoms with Crippen LogP contribution < -0.4 is 0 Å². The molecular weight excluding hydrogens is 334 g/mol. The molecule has 2 aromatic heterocycles. The number of nitrogens with zero attached hydrogens (tertiary/aromatic N) is 3. The molecule has 3 rings (SSSR count). The van der Waals surface area contributed by atoms with Crippen LogP contribution in [0, 0.1) is 0 Å². The van der Waals surface area contributed by atoms with Crippen LogP contribution in [0.5, 0.6) is 0 Å². The van der Waals surface area contributed by atoms with Crippen molar-refractivity contribution in [2.45, 2.75) is 18.3 Å². The first-order chi connectivity index (χ1) is 8.66. The molecule has 2 aromatic rings. The number of hydrogen-bond acceptors (Lipinski definition) is 5. The van der Waals surface area contributed by atoms with E-state index >= 15 is 0 Å². The molecule has 1 atom stereocenters. The Morgan fingerprint density at radius 3 is 3.06 bits per heavy atom. The Morgan fingerprint density at radius 1 is 1.56 bits per heavy atom. The summed E-state index contributed by atoms with van der Waals surface area (Å²) in [6, 6.07) is 2.12. The quantitative estimate of drug-likeness (QED) is 0.908. The molecule has 1 unspecified atom stereocenters. The molecule has 0 bridgehead atoms. The van der Waals surface area contributed by atoms with Gasteiger partial charge >= 0.3 is 0 Å². The Bertz CT molecular complexity index is 538. The first kappa shape index (κ1) is 12.7. The Kier molecular flexibility index (Phi) is 3.48. The number of thioether (sulfide) groups is 1. The minimum Gasteiger partial charge on any atom is -0.381 e. The predicted octanol–water partition coefficient (Wildman–Crippen LogP) is 2.51. The van der Waals surface area contributed by atoms with E-state index in [9.17, 15) is 5.11 Å². The molecule has 0 aliphatic carbocycles. The van der Waals surface area contributed by atoms with E-state index in [-0.39, 0.29) is 0 Å². The molecule has 18 heavy (non-hydrogen) atoms. The second kappa shape index (κ2) is 4.96. The highest BCUT2D eigenvalue weighted by Gasteiger charge is 2.23. The molecule has 96 valence electrons. The largest absolute Gasteiger partial charge is 0.381 e. The number of rotatable bonds is 2. The fourth-order valence-corrected chi connectivity index (χ4v) is 4.98. The molecule has 0 radical (unpaired) electrons. The lowest BCUT2D eigenvalue weighted by molar-refractivity contribution is 0.212. The highest BCUT2D eigenvalue weighted by atomic mass is 79.9. The summed E-state index contributed by atoms with van der Waals surface area (Å²) < 4.78 is 2.22. The van der Waals surface area contributed by atoms with Crippen LogP contribution in [0.2, 0.25) is 0 Å². The maximum atomic E-state index is 10.5. The second-order valence-electron chi connectivity index (χ2n) is 4.19. The van der Waals surface area contributed by atoms with Crippen LogP contribution in [-0.2, 0) is 19.2 Å². The molecule has 0 saturated carbocycles. The normalized spacial score (nSPS) is 16.6. The predicted molar refractivity (Wildman–Crippen MR) is 76.9 cm³/mol. The summed E-state index contributed by atoms with van der Waals surface area (Å²) in [5, 5.41) is 18.3. The van der Waals surface area contributed by atoms with Crippen LogP contribution in [0.1, 0.15) is 27.1 Å². The third kappa shape index (κ3) is 2.13. The third-order valence-electron chi connectivity index (χ3n) is 3.00. The van der Waals surface area contributed by atoms with Gasteiger partial charge in [0.15, 0.2) is 4.60 Å². The zero-order chi connectivity index (χ0) is 12.7. The molecule has 0 amide bonds. The molecule has 0 fully saturated rings. The van der Waals surface area contributed by atoms with Gasteiger partial charge in [0.2, 0.25) is 0 Å². The van der Waals surface area contributed by atoms with Crippen LogP contribution in [-0.4, -0.2) is 25.9 Å². The van der Waals surface area contributed by atoms with Crippen molar-refractivity contribution in [2.24, 2.45) is 7.05 Å². The lowest BCUT2D eigenvalue weighted by atomic mass is 10.2. The summed E-state index contributed by atoms with van der Waals surface area (Å²) >= 11 is 6.99. The summed E-state index contributed by atoms with van der Waals surface area (Å²) in [4.78, 5) is 2.39. The van der Waals surface area contributed by atoms with Gasteiger partial charge in [-0.05, 0) is 39.7 Å². The number of thiophene rings is 1. The number of aromatic nitrogens is 3. The summed E-state index contributed by atoms with van der Waals surface area (Å²) in [6.07, 6.45) is 0.460. The van der Waals surface area contributed by atoms with Gasteiger partial charge < -0.3 is 5.11 Å². The van der Waals surface area contributed by atoms with Gasteiger partial charge in [-0.3, -0.25) is 0 Å². The summed E-state index contributed by atoms with van der Waals surface area (Å²) in [5.41, 5.74) is 2.08. The number of hydrogen-bond donors (Lipinski definition) is 1. The van der Waals surface area contributed by atoms with Crippen molar-refractivity contribution in [3.8, 4) is 0 Å². The van der Waals surface area contributed by atoms with Crippen molar-refractivity contribution in [3.05, 3.63) is 31.7 Å². The van der Waals surface area contributed by atoms with Crippen molar-refractivity contribution >= 4 is 39.0 Å². The molecule has 4 nitrogen and oxygen atoms in total. The molecule has 0 aromatic carbocycles. The molecule has 1 N–H and O–H groups in total. The zero-order valence-corrected chi connectivity index (χ0v) is 13.0. The first-order valence-electron chi connectivity index (χ1n) is 5.59. The molecule has 1 aliphatic heterocycles. The SMILES string of the molecule is Cn1nnc(Br)c1C(O)c1cc2c(s1)CCSC2. The van der Waals surface area contributed by atoms with Gasteiger partial charge in [-0.25, -0.2) is 4.68 Å². The van der Waals surface area contributed by atoms with Crippen molar-refractivity contribution in [2.75, 3.05) is 5.75 Å². The number of aliphatic hydroxyl groups excluding tert-OH is 1. The van der Waals surface area contributed by atoms with Gasteiger partial charge in [0, 0.05) is 22.6 Å². The fourth-order valence-electron chi connectivity index (χ4n) is 2.07. The molecule has 0 spiro atoms. The maximum absolute atomic E-state index is 10.5. The molecule has 7 heteroatoms. The van der Waals surface area contributed by atoms with E-state index in [1.54, 1.807) is 23.1 Å². The van der Waals surface area contributed by atoms with Crippen LogP contribution in [0.4, 0.5) is 0 Å². The van der Waals surface area contributed by atoms with E-state index in [0.29, 0.717) is 10.3 Å². The Hall–Kier alpha value is -0.370. The van der Waals surface area contributed by atoms with Crippen molar-refractivity contribution < 1.29 is 5.11 Å². The Morgan fingerprint density at radius 2 is 2.39 bits per heavy atom. The molecule has 0 saturated heterocycles. The number of fused-ring (bicyclic) bond motifs is 1. The average molecular weight is 346 g/mol.